The summed E-state index contributed by atoms with van der Waals surface area (Å²) in [5.74, 6) is -1.60. The zero-order valence-electron chi connectivity index (χ0n) is 16.1. The average molecular weight is 388 g/mol. The van der Waals surface area contributed by atoms with Gasteiger partial charge in [0.2, 0.25) is 15.9 Å². The van der Waals surface area contributed by atoms with Gasteiger partial charge in [0.25, 0.3) is 0 Å². The van der Waals surface area contributed by atoms with Gasteiger partial charge in [0.05, 0.1) is 29.4 Å². The fourth-order valence-electron chi connectivity index (χ4n) is 2.87. The van der Waals surface area contributed by atoms with Gasteiger partial charge in [-0.15, -0.1) is 0 Å². The first-order valence-corrected chi connectivity index (χ1v) is 9.93. The number of sulfonamides is 1. The van der Waals surface area contributed by atoms with Crippen molar-refractivity contribution in [3.8, 4) is 0 Å². The highest BCUT2D eigenvalue weighted by Crippen LogP contribution is 2.21. The van der Waals surface area contributed by atoms with Gasteiger partial charge in [-0.1, -0.05) is 13.8 Å². The van der Waals surface area contributed by atoms with Gasteiger partial charge in [-0.2, -0.15) is 9.82 Å². The third-order valence-electron chi connectivity index (χ3n) is 4.67. The van der Waals surface area contributed by atoms with E-state index >= 15 is 0 Å². The average Bonchev–Trinajstić information content (AvgIpc) is 2.78. The van der Waals surface area contributed by atoms with Gasteiger partial charge in [-0.25, -0.2) is 8.42 Å². The number of aliphatic carboxylic acids is 1. The molecule has 1 atom stereocenters. The molecular weight excluding hydrogens is 360 g/mol. The molecule has 0 fully saturated rings. The molecular formula is C16H28N4O5S. The summed E-state index contributed by atoms with van der Waals surface area (Å²) in [6.07, 6.45) is 0.607. The zero-order chi connectivity index (χ0) is 20.3. The molecule has 1 amide bonds. The summed E-state index contributed by atoms with van der Waals surface area (Å²) in [6.45, 7) is 8.20. The highest BCUT2D eigenvalue weighted by molar-refractivity contribution is 7.89. The largest absolute Gasteiger partial charge is 0.481 e. The summed E-state index contributed by atoms with van der Waals surface area (Å²) >= 11 is 0. The van der Waals surface area contributed by atoms with Gasteiger partial charge >= 0.3 is 5.97 Å². The minimum absolute atomic E-state index is 0.0439. The standard InChI is InChI=1S/C16H28N4O5S/c1-7-16(8-2,9-13(21)22)17-15(23)11(4)19-26(24,25)14-10(3)18-20(6)12(14)5/h11,19H,7-9H2,1-6H3,(H,17,23)(H,21,22). The van der Waals surface area contributed by atoms with Crippen molar-refractivity contribution in [3.05, 3.63) is 11.4 Å². The van der Waals surface area contributed by atoms with Gasteiger partial charge < -0.3 is 10.4 Å². The number of carboxylic acids is 1. The number of carboxylic acid groups (broad SMARTS) is 1. The molecule has 0 spiro atoms. The molecule has 3 N–H and O–H groups in total. The van der Waals surface area contributed by atoms with Crippen LogP contribution in [-0.2, 0) is 26.7 Å². The molecule has 0 bridgehead atoms. The van der Waals surface area contributed by atoms with Crippen LogP contribution in [0.2, 0.25) is 0 Å². The van der Waals surface area contributed by atoms with E-state index in [1.165, 1.54) is 11.6 Å². The number of hydrogen-bond donors (Lipinski definition) is 3. The Labute approximate surface area is 154 Å². The van der Waals surface area contributed by atoms with Crippen molar-refractivity contribution in [2.24, 2.45) is 7.05 Å². The SMILES string of the molecule is CCC(CC)(CC(=O)O)NC(=O)C(C)NS(=O)(=O)c1c(C)nn(C)c1C. The predicted molar refractivity (Wildman–Crippen MR) is 96.2 cm³/mol. The highest BCUT2D eigenvalue weighted by atomic mass is 32.2. The summed E-state index contributed by atoms with van der Waals surface area (Å²) in [7, 11) is -2.31. The Bertz CT molecular complexity index is 781. The lowest BCUT2D eigenvalue weighted by atomic mass is 9.88. The molecule has 0 aliphatic heterocycles. The van der Waals surface area contributed by atoms with Crippen molar-refractivity contribution in [1.82, 2.24) is 19.8 Å². The fourth-order valence-corrected chi connectivity index (χ4v) is 4.51. The molecule has 0 aliphatic carbocycles. The maximum Gasteiger partial charge on any atom is 0.305 e. The van der Waals surface area contributed by atoms with Crippen molar-refractivity contribution in [1.29, 1.82) is 0 Å². The van der Waals surface area contributed by atoms with Crippen LogP contribution < -0.4 is 10.0 Å². The smallest absolute Gasteiger partial charge is 0.305 e. The Morgan fingerprint density at radius 1 is 1.27 bits per heavy atom. The third kappa shape index (κ3) is 4.82. The fraction of sp³-hybridized carbons (Fsp3) is 0.688. The molecule has 0 aromatic carbocycles. The van der Waals surface area contributed by atoms with Crippen LogP contribution in [0, 0.1) is 13.8 Å². The van der Waals surface area contributed by atoms with Crippen molar-refractivity contribution < 1.29 is 23.1 Å². The van der Waals surface area contributed by atoms with E-state index in [0.717, 1.165) is 0 Å². The van der Waals surface area contributed by atoms with Crippen LogP contribution in [0.25, 0.3) is 0 Å². The molecule has 1 unspecified atom stereocenters. The van der Waals surface area contributed by atoms with Crippen LogP contribution in [0.1, 0.15) is 51.4 Å². The Morgan fingerprint density at radius 2 is 1.81 bits per heavy atom. The van der Waals surface area contributed by atoms with Crippen LogP contribution in [0.4, 0.5) is 0 Å². The van der Waals surface area contributed by atoms with Crippen LogP contribution >= 0.6 is 0 Å². The summed E-state index contributed by atoms with van der Waals surface area (Å²) in [5.41, 5.74) is -0.111. The van der Waals surface area contributed by atoms with E-state index < -0.39 is 33.5 Å². The Morgan fingerprint density at radius 3 is 2.19 bits per heavy atom. The first-order chi connectivity index (χ1) is 11.9. The van der Waals surface area contributed by atoms with Crippen molar-refractivity contribution in [3.63, 3.8) is 0 Å². The summed E-state index contributed by atoms with van der Waals surface area (Å²) in [4.78, 5) is 23.6. The van der Waals surface area contributed by atoms with E-state index in [4.69, 9.17) is 5.11 Å². The first kappa shape index (κ1) is 22.1. The van der Waals surface area contributed by atoms with Gasteiger partial charge in [0, 0.05) is 7.05 Å². The monoisotopic (exact) mass is 388 g/mol. The zero-order valence-corrected chi connectivity index (χ0v) is 16.9. The van der Waals surface area contributed by atoms with Crippen LogP contribution in [0.3, 0.4) is 0 Å². The van der Waals surface area contributed by atoms with E-state index in [9.17, 15) is 18.0 Å². The van der Waals surface area contributed by atoms with Crippen LogP contribution in [0.5, 0.6) is 0 Å². The van der Waals surface area contributed by atoms with Crippen LogP contribution in [0.15, 0.2) is 4.90 Å². The molecule has 0 aliphatic rings. The molecule has 26 heavy (non-hydrogen) atoms. The normalized spacial score (nSPS) is 13.5. The molecule has 1 rings (SSSR count). The van der Waals surface area contributed by atoms with Crippen molar-refractivity contribution in [2.75, 3.05) is 0 Å². The van der Waals surface area contributed by atoms with E-state index in [2.05, 4.69) is 15.1 Å². The topological polar surface area (TPSA) is 130 Å². The van der Waals surface area contributed by atoms with Crippen molar-refractivity contribution in [2.45, 2.75) is 70.4 Å². The molecule has 0 saturated carbocycles. The lowest BCUT2D eigenvalue weighted by Gasteiger charge is -2.32. The quantitative estimate of drug-likeness (QED) is 0.575. The Balaban J connectivity index is 3.00. The summed E-state index contributed by atoms with van der Waals surface area (Å²) in [6, 6.07) is -1.06. The molecule has 9 nitrogen and oxygen atoms in total. The lowest BCUT2D eigenvalue weighted by molar-refractivity contribution is -0.139. The second-order valence-electron chi connectivity index (χ2n) is 6.51. The minimum atomic E-state index is -3.95. The maximum atomic E-state index is 12.6. The molecule has 148 valence electrons. The number of aryl methyl sites for hydroxylation is 2. The molecule has 1 aromatic heterocycles. The first-order valence-electron chi connectivity index (χ1n) is 8.45. The van der Waals surface area contributed by atoms with Gasteiger partial charge in [-0.3, -0.25) is 14.3 Å². The van der Waals surface area contributed by atoms with Gasteiger partial charge in [-0.05, 0) is 33.6 Å². The molecule has 1 heterocycles. The Kier molecular flexibility index (Phi) is 6.95. The second-order valence-corrected chi connectivity index (χ2v) is 8.16. The van der Waals surface area contributed by atoms with Gasteiger partial charge in [0.15, 0.2) is 0 Å². The predicted octanol–water partition coefficient (Wildman–Crippen LogP) is 0.853. The third-order valence-corrected chi connectivity index (χ3v) is 6.46. The number of rotatable bonds is 9. The Hall–Kier alpha value is -1.94. The van der Waals surface area contributed by atoms with E-state index in [-0.39, 0.29) is 11.3 Å². The summed E-state index contributed by atoms with van der Waals surface area (Å²) < 4.78 is 29.1. The second kappa shape index (κ2) is 8.17. The van der Waals surface area contributed by atoms with Crippen LogP contribution in [-0.4, -0.2) is 46.8 Å². The lowest BCUT2D eigenvalue weighted by Crippen LogP contribution is -2.55. The number of nitrogens with zero attached hydrogens (tertiary/aromatic N) is 2. The molecule has 0 saturated heterocycles. The van der Waals surface area contributed by atoms with E-state index in [0.29, 0.717) is 24.2 Å². The number of carbonyl (C=O) groups is 2. The number of nitrogens with one attached hydrogen (secondary N) is 2. The maximum absolute atomic E-state index is 12.6. The summed E-state index contributed by atoms with van der Waals surface area (Å²) in [5, 5.41) is 15.9. The van der Waals surface area contributed by atoms with E-state index in [1.54, 1.807) is 34.7 Å². The number of aromatic nitrogens is 2. The highest BCUT2D eigenvalue weighted by Gasteiger charge is 2.34. The molecule has 10 heteroatoms. The van der Waals surface area contributed by atoms with Crippen molar-refractivity contribution >= 4 is 21.9 Å². The number of carbonyl (C=O) groups excluding carboxylic acids is 1. The van der Waals surface area contributed by atoms with Gasteiger partial charge in [0.1, 0.15) is 4.90 Å². The van der Waals surface area contributed by atoms with E-state index in [1.807, 2.05) is 0 Å². The molecule has 1 aromatic rings. The number of hydrogen-bond acceptors (Lipinski definition) is 5. The minimum Gasteiger partial charge on any atom is -0.481 e. The number of amides is 1. The molecule has 0 radical (unpaired) electrons.